The summed E-state index contributed by atoms with van der Waals surface area (Å²) in [6.45, 7) is 12.7. The zero-order chi connectivity index (χ0) is 35.6. The minimum absolute atomic E-state index is 0.225. The molecule has 2 aromatic heterocycles. The van der Waals surface area contributed by atoms with E-state index in [2.05, 4.69) is 200 Å². The molecule has 5 aromatic carbocycles. The van der Waals surface area contributed by atoms with Crippen LogP contribution in [0.5, 0.6) is 0 Å². The van der Waals surface area contributed by atoms with Crippen molar-refractivity contribution in [3.63, 3.8) is 0 Å². The van der Waals surface area contributed by atoms with Gasteiger partial charge in [-0.15, -0.1) is 0 Å². The number of para-hydroxylation sites is 2. The summed E-state index contributed by atoms with van der Waals surface area (Å²) < 4.78 is 7.73. The Bertz CT molecular complexity index is 2520. The normalized spacial score (nSPS) is 20.1. The van der Waals surface area contributed by atoms with Crippen LogP contribution in [0, 0.1) is 6.92 Å². The van der Waals surface area contributed by atoms with Crippen LogP contribution in [0.25, 0.3) is 50.5 Å². The molecule has 0 spiro atoms. The molecule has 0 saturated heterocycles. The van der Waals surface area contributed by atoms with Gasteiger partial charge in [-0.05, 0) is 85.4 Å². The topological polar surface area (TPSA) is 12.7 Å². The van der Waals surface area contributed by atoms with Crippen molar-refractivity contribution in [3.8, 4) is 39.5 Å². The number of rotatable bonds is 7. The molecule has 0 amide bonds. The van der Waals surface area contributed by atoms with Crippen LogP contribution in [-0.2, 0) is 17.5 Å². The molecule has 3 atom stereocenters. The lowest BCUT2D eigenvalue weighted by molar-refractivity contribution is -0.741. The number of imidazole rings is 1. The largest absolute Gasteiger partial charge is 0.295 e. The Morgan fingerprint density at radius 1 is 0.712 bits per heavy atom. The van der Waals surface area contributed by atoms with Gasteiger partial charge in [-0.3, -0.25) is 0 Å². The van der Waals surface area contributed by atoms with Crippen molar-refractivity contribution in [1.29, 1.82) is 0 Å². The third-order valence-electron chi connectivity index (χ3n) is 12.7. The second kappa shape index (κ2) is 12.3. The minimum atomic E-state index is -0.233. The first-order valence-electron chi connectivity index (χ1n) is 19.0. The van der Waals surface area contributed by atoms with E-state index in [4.69, 9.17) is 0 Å². The second-order valence-electron chi connectivity index (χ2n) is 15.0. The highest BCUT2D eigenvalue weighted by molar-refractivity contribution is 5.87. The number of pyridine rings is 1. The maximum atomic E-state index is 2.73. The molecule has 3 nitrogen and oxygen atoms in total. The van der Waals surface area contributed by atoms with Crippen molar-refractivity contribution >= 4 is 11.0 Å². The van der Waals surface area contributed by atoms with Gasteiger partial charge in [-0.1, -0.05) is 118 Å². The summed E-state index contributed by atoms with van der Waals surface area (Å²) in [5.41, 5.74) is 15.3. The summed E-state index contributed by atoms with van der Waals surface area (Å²) in [5, 5.41) is 0. The van der Waals surface area contributed by atoms with Crippen LogP contribution in [0.15, 0.2) is 152 Å². The van der Waals surface area contributed by atoms with Gasteiger partial charge in [0.2, 0.25) is 5.69 Å². The monoisotopic (exact) mass is 677 g/mol. The van der Waals surface area contributed by atoms with Gasteiger partial charge < -0.3 is 0 Å². The first kappa shape index (κ1) is 32.4. The number of hydrogen-bond donors (Lipinski definition) is 0. The highest BCUT2D eigenvalue weighted by atomic mass is 15.2. The Labute approximate surface area is 308 Å². The zero-order valence-electron chi connectivity index (χ0n) is 31.0. The Balaban J connectivity index is 1.20. The molecule has 0 bridgehead atoms. The number of hydrogen-bond acceptors (Lipinski definition) is 0. The molecule has 0 aliphatic carbocycles. The van der Waals surface area contributed by atoms with Crippen LogP contribution < -0.4 is 9.13 Å². The van der Waals surface area contributed by atoms with Crippen LogP contribution in [0.2, 0.25) is 0 Å². The van der Waals surface area contributed by atoms with E-state index >= 15 is 0 Å². The van der Waals surface area contributed by atoms with Gasteiger partial charge in [0.1, 0.15) is 11.2 Å². The molecule has 2 aliphatic heterocycles. The smallest absolute Gasteiger partial charge is 0.216 e. The van der Waals surface area contributed by atoms with Crippen LogP contribution in [0.1, 0.15) is 68.7 Å². The number of aryl methyl sites for hydroxylation is 1. The van der Waals surface area contributed by atoms with Gasteiger partial charge in [0.15, 0.2) is 23.8 Å². The van der Waals surface area contributed by atoms with E-state index in [9.17, 15) is 0 Å². The number of fused-ring (bicyclic) bond motifs is 7. The van der Waals surface area contributed by atoms with Crippen LogP contribution >= 0.6 is 0 Å². The predicted molar refractivity (Wildman–Crippen MR) is 214 cm³/mol. The van der Waals surface area contributed by atoms with Crippen molar-refractivity contribution in [2.45, 2.75) is 70.9 Å². The third kappa shape index (κ3) is 4.51. The van der Waals surface area contributed by atoms with E-state index in [0.29, 0.717) is 5.92 Å². The Hall–Kier alpha value is -5.54. The lowest BCUT2D eigenvalue weighted by Crippen LogP contribution is -2.67. The van der Waals surface area contributed by atoms with Gasteiger partial charge in [0, 0.05) is 34.7 Å². The predicted octanol–water partition coefficient (Wildman–Crippen LogP) is 11.0. The summed E-state index contributed by atoms with van der Waals surface area (Å²) in [7, 11) is 0. The summed E-state index contributed by atoms with van der Waals surface area (Å²) >= 11 is 0. The number of allylic oxidation sites excluding steroid dienone is 2. The van der Waals surface area contributed by atoms with Gasteiger partial charge in [-0.25, -0.2) is 4.57 Å². The molecule has 0 radical (unpaired) electrons. The molecule has 256 valence electrons. The molecule has 7 aromatic rings. The van der Waals surface area contributed by atoms with E-state index in [0.717, 1.165) is 19.4 Å². The molecule has 52 heavy (non-hydrogen) atoms. The van der Waals surface area contributed by atoms with E-state index in [1.165, 1.54) is 72.7 Å². The van der Waals surface area contributed by atoms with Gasteiger partial charge >= 0.3 is 0 Å². The van der Waals surface area contributed by atoms with Crippen molar-refractivity contribution in [2.75, 3.05) is 0 Å². The molecule has 0 fully saturated rings. The summed E-state index contributed by atoms with van der Waals surface area (Å²) in [5.74, 6) is 1.63. The summed E-state index contributed by atoms with van der Waals surface area (Å²) in [6.07, 6.45) is 9.23. The van der Waals surface area contributed by atoms with Gasteiger partial charge in [-0.2, -0.15) is 9.13 Å². The van der Waals surface area contributed by atoms with Gasteiger partial charge in [0.05, 0.1) is 11.0 Å². The second-order valence-corrected chi connectivity index (χ2v) is 15.0. The molecule has 0 saturated carbocycles. The Morgan fingerprint density at radius 2 is 1.46 bits per heavy atom. The highest BCUT2D eigenvalue weighted by Gasteiger charge is 2.58. The van der Waals surface area contributed by atoms with Crippen molar-refractivity contribution in [1.82, 2.24) is 4.57 Å². The van der Waals surface area contributed by atoms with Crippen molar-refractivity contribution in [3.05, 3.63) is 174 Å². The fourth-order valence-electron chi connectivity index (χ4n) is 9.79. The van der Waals surface area contributed by atoms with E-state index in [1.807, 2.05) is 0 Å². The molecule has 3 heteroatoms. The maximum Gasteiger partial charge on any atom is 0.295 e. The molecular formula is C49H47N3+2. The summed E-state index contributed by atoms with van der Waals surface area (Å²) in [4.78, 5) is 0. The Kier molecular flexibility index (Phi) is 7.66. The standard InChI is InChI=1S/C49H47N3/c1-6-48(5)49(7-2,30-18-32-50-31-16-15-25-43(50)41-33-37(29-28-34(41)3)36-19-9-8-10-20-36)42-24-13-11-22-40(42)47-51-44-26-14-12-21-38(44)35(4)39-23-17-27-45(46(39)51)52(47)48/h8-31,33,35H,6-7,32H2,1-5H3/q+2. The van der Waals surface area contributed by atoms with Crippen LogP contribution in [0.4, 0.5) is 0 Å². The lowest BCUT2D eigenvalue weighted by atomic mass is 9.59. The molecule has 4 heterocycles. The number of aromatic nitrogens is 3. The van der Waals surface area contributed by atoms with Crippen molar-refractivity contribution < 1.29 is 9.13 Å². The first-order valence-corrected chi connectivity index (χ1v) is 19.0. The average Bonchev–Trinajstić information content (AvgIpc) is 3.56. The van der Waals surface area contributed by atoms with E-state index in [1.54, 1.807) is 0 Å². The molecule has 0 N–H and O–H groups in total. The third-order valence-corrected chi connectivity index (χ3v) is 12.7. The fourth-order valence-corrected chi connectivity index (χ4v) is 9.79. The van der Waals surface area contributed by atoms with Crippen LogP contribution in [0.3, 0.4) is 0 Å². The molecule has 2 aliphatic rings. The average molecular weight is 678 g/mol. The van der Waals surface area contributed by atoms with E-state index in [-0.39, 0.29) is 11.0 Å². The maximum absolute atomic E-state index is 2.73. The van der Waals surface area contributed by atoms with Gasteiger partial charge in [0.25, 0.3) is 5.82 Å². The SMILES string of the molecule is CCC1(C=CC[n+]2ccccc2-c2cc(-c3ccccc3)ccc2C)c2ccccc2-c2n3c4c(cccc4[n+]2C1(C)CC)C(C)c1ccccc1-3. The fraction of sp³-hybridized carbons (Fsp3) is 0.224. The summed E-state index contributed by atoms with van der Waals surface area (Å²) in [6, 6.07) is 49.4. The quantitative estimate of drug-likeness (QED) is 0.118. The lowest BCUT2D eigenvalue weighted by Gasteiger charge is -2.48. The Morgan fingerprint density at radius 3 is 2.29 bits per heavy atom. The first-order chi connectivity index (χ1) is 25.4. The number of nitrogens with zero attached hydrogens (tertiary/aromatic N) is 3. The van der Waals surface area contributed by atoms with E-state index < -0.39 is 0 Å². The molecule has 9 rings (SSSR count). The van der Waals surface area contributed by atoms with Crippen LogP contribution in [-0.4, -0.2) is 4.57 Å². The van der Waals surface area contributed by atoms with Crippen molar-refractivity contribution in [2.24, 2.45) is 0 Å². The zero-order valence-corrected chi connectivity index (χ0v) is 31.0. The molecular weight excluding hydrogens is 631 g/mol. The minimum Gasteiger partial charge on any atom is -0.216 e. The molecule has 3 unspecified atom stereocenters. The number of benzene rings is 5. The highest BCUT2D eigenvalue weighted by Crippen LogP contribution is 2.54.